The lowest BCUT2D eigenvalue weighted by atomic mass is 10.2. The minimum Gasteiger partial charge on any atom is -0.470 e. The molecule has 1 aliphatic heterocycles. The highest BCUT2D eigenvalue weighted by Gasteiger charge is 2.30. The fourth-order valence-electron chi connectivity index (χ4n) is 2.62. The van der Waals surface area contributed by atoms with Gasteiger partial charge >= 0.3 is 0 Å². The molecule has 1 aromatic heterocycles. The number of halogens is 1. The molecule has 26 heavy (non-hydrogen) atoms. The molecule has 0 N–H and O–H groups in total. The second-order valence-electron chi connectivity index (χ2n) is 5.52. The standard InChI is InChI=1S/C16H12ClN5O4/c17-13-2-1-10(22(24)25)7-12(13)16(23)21-6-3-11(9-21)26-15-14(8-18)19-4-5-20-15/h1-2,4-5,7,11H,3,6,9H2. The van der Waals surface area contributed by atoms with Crippen molar-refractivity contribution in [2.24, 2.45) is 0 Å². The molecule has 1 unspecified atom stereocenters. The Labute approximate surface area is 152 Å². The second kappa shape index (κ2) is 7.33. The van der Waals surface area contributed by atoms with Gasteiger partial charge in [0, 0.05) is 37.5 Å². The number of ether oxygens (including phenoxy) is 1. The van der Waals surface area contributed by atoms with Crippen molar-refractivity contribution in [3.8, 4) is 11.9 Å². The van der Waals surface area contributed by atoms with Crippen LogP contribution in [0.5, 0.6) is 5.88 Å². The Balaban J connectivity index is 1.73. The average Bonchev–Trinajstić information content (AvgIpc) is 3.10. The number of non-ortho nitro benzene ring substituents is 1. The minimum absolute atomic E-state index is 0.0683. The number of hydrogen-bond acceptors (Lipinski definition) is 7. The number of benzene rings is 1. The first kappa shape index (κ1) is 17.6. The molecule has 2 aromatic rings. The van der Waals surface area contributed by atoms with E-state index in [-0.39, 0.29) is 40.5 Å². The van der Waals surface area contributed by atoms with Gasteiger partial charge in [-0.2, -0.15) is 5.26 Å². The monoisotopic (exact) mass is 373 g/mol. The van der Waals surface area contributed by atoms with Crippen LogP contribution in [0.4, 0.5) is 5.69 Å². The number of nitriles is 1. The fraction of sp³-hybridized carbons (Fsp3) is 0.250. The van der Waals surface area contributed by atoms with Gasteiger partial charge in [-0.05, 0) is 6.07 Å². The van der Waals surface area contributed by atoms with Crippen LogP contribution in [-0.2, 0) is 0 Å². The summed E-state index contributed by atoms with van der Waals surface area (Å²) >= 11 is 6.02. The van der Waals surface area contributed by atoms with Crippen LogP contribution in [-0.4, -0.2) is 44.9 Å². The first-order chi connectivity index (χ1) is 12.5. The van der Waals surface area contributed by atoms with E-state index in [4.69, 9.17) is 21.6 Å². The maximum atomic E-state index is 12.6. The van der Waals surface area contributed by atoms with Crippen molar-refractivity contribution >= 4 is 23.2 Å². The number of rotatable bonds is 4. The number of carbonyl (C=O) groups excluding carboxylic acids is 1. The molecule has 1 fully saturated rings. The molecule has 9 nitrogen and oxygen atoms in total. The maximum Gasteiger partial charge on any atom is 0.270 e. The van der Waals surface area contributed by atoms with E-state index < -0.39 is 10.8 Å². The summed E-state index contributed by atoms with van der Waals surface area (Å²) in [6, 6.07) is 5.63. The van der Waals surface area contributed by atoms with Crippen LogP contribution in [0, 0.1) is 21.4 Å². The summed E-state index contributed by atoms with van der Waals surface area (Å²) in [7, 11) is 0. The van der Waals surface area contributed by atoms with Crippen molar-refractivity contribution in [3.63, 3.8) is 0 Å². The van der Waals surface area contributed by atoms with Crippen molar-refractivity contribution in [2.75, 3.05) is 13.1 Å². The summed E-state index contributed by atoms with van der Waals surface area (Å²) in [4.78, 5) is 32.3. The number of nitrogens with zero attached hydrogens (tertiary/aromatic N) is 5. The second-order valence-corrected chi connectivity index (χ2v) is 5.93. The molecule has 0 spiro atoms. The summed E-state index contributed by atoms with van der Waals surface area (Å²) in [5, 5.41) is 20.1. The van der Waals surface area contributed by atoms with E-state index in [2.05, 4.69) is 9.97 Å². The summed E-state index contributed by atoms with van der Waals surface area (Å²) in [5.74, 6) is -0.299. The van der Waals surface area contributed by atoms with Crippen molar-refractivity contribution in [1.82, 2.24) is 14.9 Å². The summed E-state index contributed by atoms with van der Waals surface area (Å²) in [6.45, 7) is 0.643. The van der Waals surface area contributed by atoms with Gasteiger partial charge in [0.1, 0.15) is 12.2 Å². The third-order valence-corrected chi connectivity index (χ3v) is 4.20. The van der Waals surface area contributed by atoms with E-state index in [0.717, 1.165) is 6.07 Å². The van der Waals surface area contributed by atoms with Crippen LogP contribution < -0.4 is 4.74 Å². The van der Waals surface area contributed by atoms with Crippen molar-refractivity contribution in [1.29, 1.82) is 5.26 Å². The molecule has 1 aliphatic rings. The van der Waals surface area contributed by atoms with Crippen LogP contribution in [0.1, 0.15) is 22.5 Å². The van der Waals surface area contributed by atoms with E-state index in [0.29, 0.717) is 13.0 Å². The zero-order chi connectivity index (χ0) is 18.7. The van der Waals surface area contributed by atoms with Crippen molar-refractivity contribution in [2.45, 2.75) is 12.5 Å². The minimum atomic E-state index is -0.583. The highest BCUT2D eigenvalue weighted by atomic mass is 35.5. The summed E-state index contributed by atoms with van der Waals surface area (Å²) in [6.07, 6.45) is 2.97. The van der Waals surface area contributed by atoms with Gasteiger partial charge in [0.15, 0.2) is 0 Å². The molecule has 132 valence electrons. The SMILES string of the molecule is N#Cc1nccnc1OC1CCN(C(=O)c2cc([N+](=O)[O-])ccc2Cl)C1. The maximum absolute atomic E-state index is 12.6. The lowest BCUT2D eigenvalue weighted by molar-refractivity contribution is -0.384. The summed E-state index contributed by atoms with van der Waals surface area (Å²) < 4.78 is 5.67. The Hall–Kier alpha value is -3.25. The van der Waals surface area contributed by atoms with Gasteiger partial charge in [-0.15, -0.1) is 0 Å². The van der Waals surface area contributed by atoms with Crippen LogP contribution in [0.15, 0.2) is 30.6 Å². The summed E-state index contributed by atoms with van der Waals surface area (Å²) in [5.41, 5.74) is -0.0688. The fourth-order valence-corrected chi connectivity index (χ4v) is 2.81. The lowest BCUT2D eigenvalue weighted by Gasteiger charge is -2.17. The highest BCUT2D eigenvalue weighted by Crippen LogP contribution is 2.26. The number of aromatic nitrogens is 2. The Morgan fingerprint density at radius 2 is 2.19 bits per heavy atom. The third-order valence-electron chi connectivity index (χ3n) is 3.87. The van der Waals surface area contributed by atoms with Crippen LogP contribution in [0.3, 0.4) is 0 Å². The van der Waals surface area contributed by atoms with E-state index in [9.17, 15) is 14.9 Å². The number of carbonyl (C=O) groups is 1. The van der Waals surface area contributed by atoms with E-state index in [1.165, 1.54) is 29.4 Å². The molecular formula is C16H12ClN5O4. The van der Waals surface area contributed by atoms with E-state index >= 15 is 0 Å². The van der Waals surface area contributed by atoms with Crippen molar-refractivity contribution in [3.05, 3.63) is 57.0 Å². The van der Waals surface area contributed by atoms with Crippen LogP contribution in [0.2, 0.25) is 5.02 Å². The van der Waals surface area contributed by atoms with Gasteiger partial charge in [0.25, 0.3) is 17.5 Å². The van der Waals surface area contributed by atoms with Gasteiger partial charge in [-0.3, -0.25) is 14.9 Å². The third kappa shape index (κ3) is 3.55. The first-order valence-electron chi connectivity index (χ1n) is 7.60. The highest BCUT2D eigenvalue weighted by molar-refractivity contribution is 6.33. The molecule has 0 saturated carbocycles. The number of amides is 1. The molecule has 1 saturated heterocycles. The normalized spacial score (nSPS) is 16.2. The van der Waals surface area contributed by atoms with Gasteiger partial charge in [-0.25, -0.2) is 9.97 Å². The van der Waals surface area contributed by atoms with Gasteiger partial charge in [0.05, 0.1) is 22.1 Å². The number of hydrogen-bond donors (Lipinski definition) is 0. The number of likely N-dealkylation sites (tertiary alicyclic amines) is 1. The molecule has 2 heterocycles. The Morgan fingerprint density at radius 3 is 2.92 bits per heavy atom. The Morgan fingerprint density at radius 1 is 1.42 bits per heavy atom. The predicted octanol–water partition coefficient (Wildman–Crippen LogP) is 2.20. The zero-order valence-electron chi connectivity index (χ0n) is 13.3. The molecule has 10 heteroatoms. The van der Waals surface area contributed by atoms with E-state index in [1.807, 2.05) is 6.07 Å². The molecular weight excluding hydrogens is 362 g/mol. The lowest BCUT2D eigenvalue weighted by Crippen LogP contribution is -2.31. The molecule has 0 radical (unpaired) electrons. The molecule has 0 aliphatic carbocycles. The Kier molecular flexibility index (Phi) is 4.95. The van der Waals surface area contributed by atoms with Crippen molar-refractivity contribution < 1.29 is 14.5 Å². The zero-order valence-corrected chi connectivity index (χ0v) is 14.1. The Bertz CT molecular complexity index is 914. The molecule has 1 amide bonds. The van der Waals surface area contributed by atoms with E-state index in [1.54, 1.807) is 0 Å². The number of nitro groups is 1. The molecule has 1 atom stereocenters. The van der Waals surface area contributed by atoms with Gasteiger partial charge in [-0.1, -0.05) is 11.6 Å². The largest absolute Gasteiger partial charge is 0.470 e. The van der Waals surface area contributed by atoms with Gasteiger partial charge < -0.3 is 9.64 Å². The molecule has 1 aromatic carbocycles. The number of nitro benzene ring substituents is 1. The predicted molar refractivity (Wildman–Crippen MR) is 89.8 cm³/mol. The van der Waals surface area contributed by atoms with Crippen LogP contribution >= 0.6 is 11.6 Å². The first-order valence-corrected chi connectivity index (χ1v) is 7.98. The molecule has 0 bridgehead atoms. The smallest absolute Gasteiger partial charge is 0.270 e. The average molecular weight is 374 g/mol. The van der Waals surface area contributed by atoms with Crippen LogP contribution in [0.25, 0.3) is 0 Å². The quantitative estimate of drug-likeness (QED) is 0.594. The van der Waals surface area contributed by atoms with Gasteiger partial charge in [0.2, 0.25) is 5.69 Å². The molecule has 3 rings (SSSR count). The topological polar surface area (TPSA) is 122 Å².